The van der Waals surface area contributed by atoms with Crippen molar-refractivity contribution < 1.29 is 4.79 Å². The number of carbonyl (C=O) groups is 1. The summed E-state index contributed by atoms with van der Waals surface area (Å²) in [6.45, 7) is 2.67. The summed E-state index contributed by atoms with van der Waals surface area (Å²) in [6.07, 6.45) is 4.54. The van der Waals surface area contributed by atoms with Crippen LogP contribution in [0.4, 0.5) is 0 Å². The largest absolute Gasteiger partial charge is 0.351 e. The van der Waals surface area contributed by atoms with Crippen LogP contribution in [0.25, 0.3) is 5.82 Å². The number of amides is 1. The smallest absolute Gasteiger partial charge is 0.252 e. The molecule has 0 unspecified atom stereocenters. The molecule has 3 rings (SSSR count). The molecular weight excluding hydrogens is 322 g/mol. The quantitative estimate of drug-likeness (QED) is 0.699. The molecule has 7 heteroatoms. The SMILES string of the molecule is C[C@@H](CNC(=O)c1ccc(-n2cncn2)nc1)Sc1ccccc1. The van der Waals surface area contributed by atoms with Crippen LogP contribution in [0.1, 0.15) is 17.3 Å². The van der Waals surface area contributed by atoms with E-state index in [0.717, 1.165) is 0 Å². The molecule has 1 atom stereocenters. The van der Waals surface area contributed by atoms with Crippen LogP contribution in [0.5, 0.6) is 0 Å². The van der Waals surface area contributed by atoms with E-state index in [-0.39, 0.29) is 11.2 Å². The highest BCUT2D eigenvalue weighted by Gasteiger charge is 2.10. The van der Waals surface area contributed by atoms with Gasteiger partial charge in [-0.2, -0.15) is 5.10 Å². The van der Waals surface area contributed by atoms with Crippen molar-refractivity contribution in [3.05, 3.63) is 66.9 Å². The van der Waals surface area contributed by atoms with Crippen molar-refractivity contribution in [1.82, 2.24) is 25.1 Å². The van der Waals surface area contributed by atoms with Crippen molar-refractivity contribution in [2.45, 2.75) is 17.1 Å². The Labute approximate surface area is 144 Å². The monoisotopic (exact) mass is 339 g/mol. The molecule has 0 aliphatic rings. The van der Waals surface area contributed by atoms with E-state index >= 15 is 0 Å². The van der Waals surface area contributed by atoms with Gasteiger partial charge in [0.25, 0.3) is 5.91 Å². The summed E-state index contributed by atoms with van der Waals surface area (Å²) in [6, 6.07) is 13.6. The van der Waals surface area contributed by atoms with Crippen molar-refractivity contribution in [3.8, 4) is 5.82 Å². The zero-order valence-corrected chi connectivity index (χ0v) is 14.0. The average Bonchev–Trinajstić information content (AvgIpc) is 3.15. The Morgan fingerprint density at radius 3 is 2.75 bits per heavy atom. The highest BCUT2D eigenvalue weighted by molar-refractivity contribution is 8.00. The maximum absolute atomic E-state index is 12.2. The van der Waals surface area contributed by atoms with E-state index in [4.69, 9.17) is 0 Å². The minimum absolute atomic E-state index is 0.131. The molecule has 0 saturated carbocycles. The van der Waals surface area contributed by atoms with Gasteiger partial charge in [0, 0.05) is 22.9 Å². The van der Waals surface area contributed by atoms with Gasteiger partial charge in [0.2, 0.25) is 0 Å². The van der Waals surface area contributed by atoms with Gasteiger partial charge in [0.15, 0.2) is 5.82 Å². The van der Waals surface area contributed by atoms with Gasteiger partial charge >= 0.3 is 0 Å². The highest BCUT2D eigenvalue weighted by atomic mass is 32.2. The lowest BCUT2D eigenvalue weighted by atomic mass is 10.2. The maximum Gasteiger partial charge on any atom is 0.252 e. The number of pyridine rings is 1. The predicted molar refractivity (Wildman–Crippen MR) is 93.2 cm³/mol. The fourth-order valence-electron chi connectivity index (χ4n) is 2.09. The first-order valence-electron chi connectivity index (χ1n) is 7.53. The van der Waals surface area contributed by atoms with Gasteiger partial charge in [0.1, 0.15) is 12.7 Å². The molecule has 2 aromatic heterocycles. The Hall–Kier alpha value is -2.67. The number of nitrogens with zero attached hydrogens (tertiary/aromatic N) is 4. The van der Waals surface area contributed by atoms with Crippen molar-refractivity contribution in [2.75, 3.05) is 6.54 Å². The Kier molecular flexibility index (Phi) is 5.22. The van der Waals surface area contributed by atoms with Gasteiger partial charge in [-0.15, -0.1) is 11.8 Å². The Morgan fingerprint density at radius 1 is 1.25 bits per heavy atom. The molecule has 24 heavy (non-hydrogen) atoms. The highest BCUT2D eigenvalue weighted by Crippen LogP contribution is 2.22. The summed E-state index contributed by atoms with van der Waals surface area (Å²) >= 11 is 1.73. The molecule has 0 spiro atoms. The van der Waals surface area contributed by atoms with Crippen molar-refractivity contribution in [3.63, 3.8) is 0 Å². The average molecular weight is 339 g/mol. The van der Waals surface area contributed by atoms with E-state index in [2.05, 4.69) is 39.4 Å². The second-order valence-corrected chi connectivity index (χ2v) is 6.71. The Bertz CT molecular complexity index is 775. The molecule has 1 aromatic carbocycles. The second kappa shape index (κ2) is 7.74. The molecule has 0 aliphatic heterocycles. The summed E-state index contributed by atoms with van der Waals surface area (Å²) in [5.41, 5.74) is 0.524. The maximum atomic E-state index is 12.2. The van der Waals surface area contributed by atoms with E-state index in [1.54, 1.807) is 41.1 Å². The molecule has 1 amide bonds. The number of carbonyl (C=O) groups excluding carboxylic acids is 1. The van der Waals surface area contributed by atoms with Gasteiger partial charge in [-0.05, 0) is 24.3 Å². The standard InChI is InChI=1S/C17H17N5OS/c1-13(24-15-5-3-2-4-6-15)9-20-17(23)14-7-8-16(19-10-14)22-12-18-11-21-22/h2-8,10-13H,9H2,1H3,(H,20,23)/t13-/m0/s1. The fourth-order valence-corrected chi connectivity index (χ4v) is 3.04. The van der Waals surface area contributed by atoms with Crippen molar-refractivity contribution in [1.29, 1.82) is 0 Å². The molecule has 6 nitrogen and oxygen atoms in total. The van der Waals surface area contributed by atoms with Crippen LogP contribution in [-0.2, 0) is 0 Å². The second-order valence-electron chi connectivity index (χ2n) is 5.20. The lowest BCUT2D eigenvalue weighted by Crippen LogP contribution is -2.29. The lowest BCUT2D eigenvalue weighted by molar-refractivity contribution is 0.0954. The third-order valence-corrected chi connectivity index (χ3v) is 4.41. The number of aromatic nitrogens is 4. The van der Waals surface area contributed by atoms with Crippen LogP contribution in [0.15, 0.2) is 66.2 Å². The normalized spacial score (nSPS) is 11.9. The zero-order valence-electron chi connectivity index (χ0n) is 13.2. The van der Waals surface area contributed by atoms with Gasteiger partial charge in [0.05, 0.1) is 5.56 Å². The van der Waals surface area contributed by atoms with Gasteiger partial charge in [-0.3, -0.25) is 4.79 Å². The van der Waals surface area contributed by atoms with Gasteiger partial charge in [-0.25, -0.2) is 14.6 Å². The predicted octanol–water partition coefficient (Wildman–Crippen LogP) is 2.57. The Balaban J connectivity index is 1.53. The minimum Gasteiger partial charge on any atom is -0.351 e. The lowest BCUT2D eigenvalue weighted by Gasteiger charge is -2.12. The molecule has 3 aromatic rings. The molecule has 0 radical (unpaired) electrons. The Morgan fingerprint density at radius 2 is 2.08 bits per heavy atom. The third-order valence-electron chi connectivity index (χ3n) is 3.29. The molecule has 0 bridgehead atoms. The molecule has 1 N–H and O–H groups in total. The summed E-state index contributed by atoms with van der Waals surface area (Å²) in [7, 11) is 0. The summed E-state index contributed by atoms with van der Waals surface area (Å²) < 4.78 is 1.54. The van der Waals surface area contributed by atoms with Crippen LogP contribution in [0.2, 0.25) is 0 Å². The van der Waals surface area contributed by atoms with E-state index in [1.807, 2.05) is 18.2 Å². The van der Waals surface area contributed by atoms with Gasteiger partial charge in [-0.1, -0.05) is 25.1 Å². The number of hydrogen-bond donors (Lipinski definition) is 1. The number of nitrogens with one attached hydrogen (secondary N) is 1. The number of thioether (sulfide) groups is 1. The topological polar surface area (TPSA) is 72.7 Å². The third kappa shape index (κ3) is 4.20. The van der Waals surface area contributed by atoms with Crippen molar-refractivity contribution >= 4 is 17.7 Å². The number of benzene rings is 1. The van der Waals surface area contributed by atoms with E-state index in [0.29, 0.717) is 17.9 Å². The fraction of sp³-hybridized carbons (Fsp3) is 0.176. The van der Waals surface area contributed by atoms with Gasteiger partial charge < -0.3 is 5.32 Å². The first kappa shape index (κ1) is 16.2. The van der Waals surface area contributed by atoms with Crippen molar-refractivity contribution in [2.24, 2.45) is 0 Å². The van der Waals surface area contributed by atoms with E-state index < -0.39 is 0 Å². The summed E-state index contributed by atoms with van der Waals surface area (Å²) in [5, 5.41) is 7.22. The van der Waals surface area contributed by atoms with Crippen LogP contribution < -0.4 is 5.32 Å². The summed E-state index contributed by atoms with van der Waals surface area (Å²) in [5.74, 6) is 0.491. The molecule has 0 aliphatic carbocycles. The molecular formula is C17H17N5OS. The van der Waals surface area contributed by atoms with Crippen LogP contribution in [0.3, 0.4) is 0 Å². The molecule has 0 saturated heterocycles. The molecule has 2 heterocycles. The molecule has 122 valence electrons. The number of hydrogen-bond acceptors (Lipinski definition) is 5. The van der Waals surface area contributed by atoms with Crippen LogP contribution >= 0.6 is 11.8 Å². The van der Waals surface area contributed by atoms with Crippen LogP contribution in [0, 0.1) is 0 Å². The minimum atomic E-state index is -0.131. The molecule has 0 fully saturated rings. The number of rotatable bonds is 6. The van der Waals surface area contributed by atoms with E-state index in [1.165, 1.54) is 11.2 Å². The first-order valence-corrected chi connectivity index (χ1v) is 8.41. The van der Waals surface area contributed by atoms with E-state index in [9.17, 15) is 4.79 Å². The van der Waals surface area contributed by atoms with Crippen LogP contribution in [-0.4, -0.2) is 37.5 Å². The zero-order chi connectivity index (χ0) is 16.8. The first-order chi connectivity index (χ1) is 11.7. The summed E-state index contributed by atoms with van der Waals surface area (Å²) in [4.78, 5) is 21.5.